The largest absolute Gasteiger partial charge is 0.458 e. The van der Waals surface area contributed by atoms with Crippen LogP contribution in [0.1, 0.15) is 65.2 Å². The highest BCUT2D eigenvalue weighted by Crippen LogP contribution is 2.69. The molecule has 6 aliphatic rings. The Morgan fingerprint density at radius 1 is 1.03 bits per heavy atom. The van der Waals surface area contributed by atoms with Crippen molar-refractivity contribution in [1.29, 1.82) is 0 Å². The summed E-state index contributed by atoms with van der Waals surface area (Å²) in [6.07, 6.45) is 0.686. The maximum Gasteiger partial charge on any atom is 0.331 e. The lowest BCUT2D eigenvalue weighted by Crippen LogP contribution is -2.63. The third-order valence-corrected chi connectivity index (χ3v) is 11.8. The first-order valence-corrected chi connectivity index (χ1v) is 14.5. The van der Waals surface area contributed by atoms with Gasteiger partial charge in [-0.25, -0.2) is 4.79 Å². The lowest BCUT2D eigenvalue weighted by molar-refractivity contribution is -0.309. The molecule has 0 aromatic rings. The Balaban J connectivity index is 1.21. The monoisotopic (exact) mass is 550 g/mol. The van der Waals surface area contributed by atoms with Gasteiger partial charge in [0.25, 0.3) is 0 Å². The van der Waals surface area contributed by atoms with E-state index in [-0.39, 0.29) is 42.8 Å². The first-order valence-electron chi connectivity index (χ1n) is 14.5. The maximum atomic E-state index is 12.9. The molecule has 10 nitrogen and oxygen atoms in total. The normalized spacial score (nSPS) is 55.2. The summed E-state index contributed by atoms with van der Waals surface area (Å²) in [6.45, 7) is 3.80. The predicted molar refractivity (Wildman–Crippen MR) is 135 cm³/mol. The van der Waals surface area contributed by atoms with Crippen LogP contribution in [-0.2, 0) is 23.8 Å². The molecule has 39 heavy (non-hydrogen) atoms. The van der Waals surface area contributed by atoms with Gasteiger partial charge in [-0.05, 0) is 75.2 Å². The van der Waals surface area contributed by atoms with Crippen molar-refractivity contribution in [2.45, 2.75) is 114 Å². The molecule has 2 heterocycles. The summed E-state index contributed by atoms with van der Waals surface area (Å²) in [5, 5.41) is 54.1. The van der Waals surface area contributed by atoms with E-state index in [2.05, 4.69) is 0 Å². The number of ether oxygens (including phenoxy) is 3. The summed E-state index contributed by atoms with van der Waals surface area (Å²) >= 11 is 0. The van der Waals surface area contributed by atoms with Crippen LogP contribution >= 0.6 is 0 Å². The van der Waals surface area contributed by atoms with Crippen molar-refractivity contribution >= 4 is 12.3 Å². The highest BCUT2D eigenvalue weighted by Gasteiger charge is 2.70. The van der Waals surface area contributed by atoms with Crippen LogP contribution in [0.4, 0.5) is 0 Å². The Kier molecular flexibility index (Phi) is 6.81. The third-order valence-electron chi connectivity index (χ3n) is 11.8. The number of rotatable bonds is 4. The van der Waals surface area contributed by atoms with Crippen molar-refractivity contribution in [3.63, 3.8) is 0 Å². The van der Waals surface area contributed by atoms with E-state index in [0.29, 0.717) is 25.7 Å². The van der Waals surface area contributed by atoms with Gasteiger partial charge < -0.3 is 44.5 Å². The molecule has 6 rings (SSSR count). The van der Waals surface area contributed by atoms with Gasteiger partial charge in [0.05, 0.1) is 23.9 Å². The van der Waals surface area contributed by atoms with Crippen LogP contribution in [0.25, 0.3) is 0 Å². The lowest BCUT2D eigenvalue weighted by Gasteiger charge is -2.63. The molecule has 0 spiro atoms. The quantitative estimate of drug-likeness (QED) is 0.190. The van der Waals surface area contributed by atoms with Crippen LogP contribution in [0.2, 0.25) is 0 Å². The second-order valence-electron chi connectivity index (χ2n) is 13.4. The van der Waals surface area contributed by atoms with Crippen LogP contribution in [0.15, 0.2) is 11.6 Å². The van der Waals surface area contributed by atoms with Gasteiger partial charge in [0.15, 0.2) is 6.29 Å². The summed E-state index contributed by atoms with van der Waals surface area (Å²) in [6, 6.07) is 0. The van der Waals surface area contributed by atoms with Crippen molar-refractivity contribution in [2.75, 3.05) is 6.61 Å². The molecule has 5 N–H and O–H groups in total. The van der Waals surface area contributed by atoms with E-state index in [9.17, 15) is 35.1 Å². The molecule has 218 valence electrons. The summed E-state index contributed by atoms with van der Waals surface area (Å²) in [4.78, 5) is 24.7. The second kappa shape index (κ2) is 9.58. The second-order valence-corrected chi connectivity index (χ2v) is 13.4. The van der Waals surface area contributed by atoms with Gasteiger partial charge in [0, 0.05) is 29.2 Å². The van der Waals surface area contributed by atoms with Crippen LogP contribution in [-0.4, -0.2) is 92.9 Å². The number of hydrogen-bond donors (Lipinski definition) is 5. The zero-order valence-electron chi connectivity index (χ0n) is 22.6. The third kappa shape index (κ3) is 3.93. The number of cyclic esters (lactones) is 1. The molecule has 0 amide bonds. The minimum absolute atomic E-state index is 0.0253. The highest BCUT2D eigenvalue weighted by molar-refractivity contribution is 5.85. The van der Waals surface area contributed by atoms with E-state index in [4.69, 9.17) is 14.2 Å². The van der Waals surface area contributed by atoms with Crippen molar-refractivity contribution in [3.05, 3.63) is 11.6 Å². The van der Waals surface area contributed by atoms with E-state index in [1.807, 2.05) is 6.92 Å². The molecule has 0 aromatic carbocycles. The van der Waals surface area contributed by atoms with E-state index in [1.165, 1.54) is 6.08 Å². The molecule has 4 aliphatic carbocycles. The van der Waals surface area contributed by atoms with E-state index < -0.39 is 59.2 Å². The van der Waals surface area contributed by atoms with Gasteiger partial charge in [0.2, 0.25) is 0 Å². The Morgan fingerprint density at radius 2 is 1.79 bits per heavy atom. The highest BCUT2D eigenvalue weighted by atomic mass is 16.7. The number of aliphatic hydroxyl groups is 5. The molecular formula is C29H42O10. The smallest absolute Gasteiger partial charge is 0.331 e. The van der Waals surface area contributed by atoms with Crippen molar-refractivity contribution in [3.8, 4) is 0 Å². The van der Waals surface area contributed by atoms with Gasteiger partial charge in [-0.3, -0.25) is 0 Å². The summed E-state index contributed by atoms with van der Waals surface area (Å²) in [7, 11) is 0. The Hall–Kier alpha value is -1.40. The standard InChI is InChI=1S/C29H42O10/c1-14-23(33)24(34)25(35)26(38-14)39-17-5-8-28(13-30)16(10-17)3-4-19-18(28)6-7-27(2)22(15-9-21(32)37-12-15)20(31)11-29(19,27)36/h9,13-14,16-20,22-26,31,33-36H,3-8,10-12H2,1-2H3/t14-,16?,17?,18?,19?,20?,22?,23-,24+,25+,26-,27?,28?,29?/m0/s1. The zero-order chi connectivity index (χ0) is 27.9. The van der Waals surface area contributed by atoms with Gasteiger partial charge in [-0.15, -0.1) is 0 Å². The van der Waals surface area contributed by atoms with Gasteiger partial charge in [-0.1, -0.05) is 6.92 Å². The first-order chi connectivity index (χ1) is 18.4. The minimum atomic E-state index is -1.37. The predicted octanol–water partition coefficient (Wildman–Crippen LogP) is 0.606. The molecule has 0 aromatic heterocycles. The molecule has 10 heteroatoms. The molecular weight excluding hydrogens is 508 g/mol. The van der Waals surface area contributed by atoms with E-state index in [0.717, 1.165) is 31.1 Å². The lowest BCUT2D eigenvalue weighted by atomic mass is 9.43. The number of aldehydes is 1. The SMILES string of the molecule is C[C@@H]1O[C@@H](OC2CCC3(C=O)C(CCC4C3CCC3(C)C(C5=CC(=O)OC5)C(O)CC43O)C2)[C@H](O)[C@H](O)[C@H]1O. The molecule has 0 radical (unpaired) electrons. The Bertz CT molecular complexity index is 1030. The minimum Gasteiger partial charge on any atom is -0.458 e. The summed E-state index contributed by atoms with van der Waals surface area (Å²) in [5.41, 5.74) is -1.64. The Morgan fingerprint density at radius 3 is 2.49 bits per heavy atom. The summed E-state index contributed by atoms with van der Waals surface area (Å²) < 4.78 is 16.9. The average molecular weight is 551 g/mol. The number of carbonyl (C=O) groups excluding carboxylic acids is 2. The summed E-state index contributed by atoms with van der Waals surface area (Å²) in [5.74, 6) is -0.892. The first kappa shape index (κ1) is 27.8. The molecule has 2 aliphatic heterocycles. The van der Waals surface area contributed by atoms with E-state index >= 15 is 0 Å². The van der Waals surface area contributed by atoms with Gasteiger partial charge in [0.1, 0.15) is 31.2 Å². The molecule has 9 unspecified atom stereocenters. The number of fused-ring (bicyclic) bond motifs is 5. The van der Waals surface area contributed by atoms with Crippen molar-refractivity contribution in [1.82, 2.24) is 0 Å². The van der Waals surface area contributed by atoms with Crippen LogP contribution in [0.3, 0.4) is 0 Å². The number of aliphatic hydroxyl groups excluding tert-OH is 4. The van der Waals surface area contributed by atoms with Crippen molar-refractivity contribution in [2.24, 2.45) is 34.5 Å². The molecule has 1 saturated heterocycles. The maximum absolute atomic E-state index is 12.9. The van der Waals surface area contributed by atoms with Crippen LogP contribution in [0, 0.1) is 34.5 Å². The molecule has 4 saturated carbocycles. The van der Waals surface area contributed by atoms with Crippen LogP contribution < -0.4 is 0 Å². The van der Waals surface area contributed by atoms with Crippen LogP contribution in [0.5, 0.6) is 0 Å². The number of esters is 1. The molecule has 5 fully saturated rings. The van der Waals surface area contributed by atoms with Crippen molar-refractivity contribution < 1.29 is 49.3 Å². The zero-order valence-corrected chi connectivity index (χ0v) is 22.6. The fourth-order valence-corrected chi connectivity index (χ4v) is 9.82. The topological polar surface area (TPSA) is 163 Å². The Labute approximate surface area is 228 Å². The molecule has 0 bridgehead atoms. The number of carbonyl (C=O) groups is 2. The van der Waals surface area contributed by atoms with E-state index in [1.54, 1.807) is 6.92 Å². The van der Waals surface area contributed by atoms with Gasteiger partial charge >= 0.3 is 5.97 Å². The molecule has 14 atom stereocenters. The number of hydrogen-bond acceptors (Lipinski definition) is 10. The fourth-order valence-electron chi connectivity index (χ4n) is 9.82. The van der Waals surface area contributed by atoms with Gasteiger partial charge in [-0.2, -0.15) is 0 Å². The fraction of sp³-hybridized carbons (Fsp3) is 0.862. The average Bonchev–Trinajstić information content (AvgIpc) is 3.41.